The third-order valence-corrected chi connectivity index (χ3v) is 2.89. The highest BCUT2D eigenvalue weighted by Gasteiger charge is 2.15. The molecule has 0 spiro atoms. The summed E-state index contributed by atoms with van der Waals surface area (Å²) in [4.78, 5) is 15.8. The van der Waals surface area contributed by atoms with Gasteiger partial charge in [-0.1, -0.05) is 0 Å². The van der Waals surface area contributed by atoms with Crippen molar-refractivity contribution in [2.75, 3.05) is 19.6 Å². The van der Waals surface area contributed by atoms with Crippen molar-refractivity contribution >= 4 is 5.91 Å². The summed E-state index contributed by atoms with van der Waals surface area (Å²) >= 11 is 0. The molecule has 2 heterocycles. The summed E-state index contributed by atoms with van der Waals surface area (Å²) in [6.07, 6.45) is 2.77. The molecule has 0 aliphatic carbocycles. The lowest BCUT2D eigenvalue weighted by molar-refractivity contribution is 0.0948. The van der Waals surface area contributed by atoms with Crippen LogP contribution in [0.2, 0.25) is 0 Å². The fraction of sp³-hybridized carbons (Fsp3) is 0.500. The zero-order chi connectivity index (χ0) is 11.4. The molecule has 1 fully saturated rings. The van der Waals surface area contributed by atoms with Gasteiger partial charge in [-0.15, -0.1) is 0 Å². The molecule has 1 saturated heterocycles. The van der Waals surface area contributed by atoms with Gasteiger partial charge in [0.1, 0.15) is 0 Å². The average Bonchev–Trinajstić information content (AvgIpc) is 2.80. The van der Waals surface area contributed by atoms with Crippen LogP contribution in [0.3, 0.4) is 0 Å². The lowest BCUT2D eigenvalue weighted by Gasteiger charge is -2.09. The van der Waals surface area contributed by atoms with Gasteiger partial charge in [-0.3, -0.25) is 9.78 Å². The Labute approximate surface area is 95.5 Å². The predicted molar refractivity (Wildman–Crippen MR) is 62.3 cm³/mol. The van der Waals surface area contributed by atoms with E-state index in [1.54, 1.807) is 6.20 Å². The molecule has 86 valence electrons. The van der Waals surface area contributed by atoms with Crippen molar-refractivity contribution in [2.45, 2.75) is 13.3 Å². The molecule has 1 aromatic rings. The van der Waals surface area contributed by atoms with Crippen molar-refractivity contribution in [3.8, 4) is 0 Å². The standard InChI is InChI=1S/C12H17N3O/c1-9-2-3-11(8-14-9)12(16)15-7-10-4-5-13-6-10/h2-3,8,10,13H,4-7H2,1H3,(H,15,16). The number of nitrogens with one attached hydrogen (secondary N) is 2. The lowest BCUT2D eigenvalue weighted by Crippen LogP contribution is -2.30. The Balaban J connectivity index is 1.85. The van der Waals surface area contributed by atoms with Gasteiger partial charge in [0.2, 0.25) is 0 Å². The van der Waals surface area contributed by atoms with Gasteiger partial charge in [0, 0.05) is 18.4 Å². The number of carbonyl (C=O) groups is 1. The second-order valence-electron chi connectivity index (χ2n) is 4.26. The van der Waals surface area contributed by atoms with Crippen molar-refractivity contribution in [3.05, 3.63) is 29.6 Å². The van der Waals surface area contributed by atoms with Crippen LogP contribution in [-0.2, 0) is 0 Å². The van der Waals surface area contributed by atoms with Crippen LogP contribution >= 0.6 is 0 Å². The molecule has 1 atom stereocenters. The molecule has 1 aliphatic heterocycles. The molecule has 1 unspecified atom stereocenters. The molecular formula is C12H17N3O. The molecule has 1 aromatic heterocycles. The van der Waals surface area contributed by atoms with E-state index in [2.05, 4.69) is 15.6 Å². The normalized spacial score (nSPS) is 19.7. The Bertz CT molecular complexity index is 355. The molecule has 2 rings (SSSR count). The quantitative estimate of drug-likeness (QED) is 0.788. The Morgan fingerprint density at radius 1 is 1.62 bits per heavy atom. The SMILES string of the molecule is Cc1ccc(C(=O)NCC2CCNC2)cn1. The number of nitrogens with zero attached hydrogens (tertiary/aromatic N) is 1. The number of pyridine rings is 1. The van der Waals surface area contributed by atoms with Crippen molar-refractivity contribution < 1.29 is 4.79 Å². The van der Waals surface area contributed by atoms with E-state index in [1.165, 1.54) is 0 Å². The van der Waals surface area contributed by atoms with Gasteiger partial charge in [0.05, 0.1) is 5.56 Å². The van der Waals surface area contributed by atoms with Crippen LogP contribution in [0.4, 0.5) is 0 Å². The highest BCUT2D eigenvalue weighted by molar-refractivity contribution is 5.93. The molecule has 4 heteroatoms. The summed E-state index contributed by atoms with van der Waals surface area (Å²) < 4.78 is 0. The first-order valence-electron chi connectivity index (χ1n) is 5.67. The van der Waals surface area contributed by atoms with E-state index >= 15 is 0 Å². The molecule has 1 amide bonds. The van der Waals surface area contributed by atoms with Gasteiger partial charge in [-0.05, 0) is 44.5 Å². The van der Waals surface area contributed by atoms with Crippen molar-refractivity contribution in [3.63, 3.8) is 0 Å². The minimum atomic E-state index is -0.0283. The average molecular weight is 219 g/mol. The van der Waals surface area contributed by atoms with Crippen molar-refractivity contribution in [2.24, 2.45) is 5.92 Å². The van der Waals surface area contributed by atoms with Gasteiger partial charge in [0.15, 0.2) is 0 Å². The van der Waals surface area contributed by atoms with Gasteiger partial charge < -0.3 is 10.6 Å². The van der Waals surface area contributed by atoms with E-state index in [0.717, 1.165) is 31.7 Å². The maximum absolute atomic E-state index is 11.7. The van der Waals surface area contributed by atoms with E-state index in [4.69, 9.17) is 0 Å². The summed E-state index contributed by atoms with van der Waals surface area (Å²) in [5, 5.41) is 6.22. The van der Waals surface area contributed by atoms with E-state index in [9.17, 15) is 4.79 Å². The summed E-state index contributed by atoms with van der Waals surface area (Å²) in [7, 11) is 0. The molecule has 0 aromatic carbocycles. The summed E-state index contributed by atoms with van der Waals surface area (Å²) in [6, 6.07) is 3.66. The fourth-order valence-electron chi connectivity index (χ4n) is 1.83. The summed E-state index contributed by atoms with van der Waals surface area (Å²) in [6.45, 7) is 4.73. The third kappa shape index (κ3) is 2.79. The molecule has 1 aliphatic rings. The second-order valence-corrected chi connectivity index (χ2v) is 4.26. The first-order valence-corrected chi connectivity index (χ1v) is 5.67. The van der Waals surface area contributed by atoms with Crippen LogP contribution in [0.25, 0.3) is 0 Å². The maximum Gasteiger partial charge on any atom is 0.252 e. The van der Waals surface area contributed by atoms with Gasteiger partial charge >= 0.3 is 0 Å². The molecule has 4 nitrogen and oxygen atoms in total. The largest absolute Gasteiger partial charge is 0.352 e. The Kier molecular flexibility index (Phi) is 3.51. The fourth-order valence-corrected chi connectivity index (χ4v) is 1.83. The van der Waals surface area contributed by atoms with Crippen LogP contribution in [-0.4, -0.2) is 30.5 Å². The summed E-state index contributed by atoms with van der Waals surface area (Å²) in [5.41, 5.74) is 1.56. The topological polar surface area (TPSA) is 54.0 Å². The van der Waals surface area contributed by atoms with Crippen molar-refractivity contribution in [1.82, 2.24) is 15.6 Å². The number of rotatable bonds is 3. The molecule has 2 N–H and O–H groups in total. The Morgan fingerprint density at radius 2 is 2.50 bits per heavy atom. The lowest BCUT2D eigenvalue weighted by atomic mass is 10.1. The molecule has 0 radical (unpaired) electrons. The number of hydrogen-bond acceptors (Lipinski definition) is 3. The zero-order valence-electron chi connectivity index (χ0n) is 9.49. The van der Waals surface area contributed by atoms with E-state index in [1.807, 2.05) is 19.1 Å². The third-order valence-electron chi connectivity index (χ3n) is 2.89. The highest BCUT2D eigenvalue weighted by Crippen LogP contribution is 2.06. The van der Waals surface area contributed by atoms with Crippen LogP contribution in [0.15, 0.2) is 18.3 Å². The molecule has 0 saturated carbocycles. The number of hydrogen-bond donors (Lipinski definition) is 2. The van der Waals surface area contributed by atoms with E-state index in [-0.39, 0.29) is 5.91 Å². The van der Waals surface area contributed by atoms with Crippen LogP contribution in [0.5, 0.6) is 0 Å². The number of carbonyl (C=O) groups excluding carboxylic acids is 1. The molecular weight excluding hydrogens is 202 g/mol. The van der Waals surface area contributed by atoms with E-state index < -0.39 is 0 Å². The second kappa shape index (κ2) is 5.07. The van der Waals surface area contributed by atoms with Crippen LogP contribution in [0, 0.1) is 12.8 Å². The molecule has 0 bridgehead atoms. The molecule has 16 heavy (non-hydrogen) atoms. The first-order chi connectivity index (χ1) is 7.75. The van der Waals surface area contributed by atoms with Gasteiger partial charge in [0.25, 0.3) is 5.91 Å². The highest BCUT2D eigenvalue weighted by atomic mass is 16.1. The Morgan fingerprint density at radius 3 is 3.12 bits per heavy atom. The van der Waals surface area contributed by atoms with Gasteiger partial charge in [-0.25, -0.2) is 0 Å². The zero-order valence-corrected chi connectivity index (χ0v) is 9.49. The maximum atomic E-state index is 11.7. The predicted octanol–water partition coefficient (Wildman–Crippen LogP) is 0.729. The minimum absolute atomic E-state index is 0.0283. The van der Waals surface area contributed by atoms with Crippen LogP contribution < -0.4 is 10.6 Å². The minimum Gasteiger partial charge on any atom is -0.352 e. The first kappa shape index (κ1) is 11.1. The van der Waals surface area contributed by atoms with Gasteiger partial charge in [-0.2, -0.15) is 0 Å². The summed E-state index contributed by atoms with van der Waals surface area (Å²) in [5.74, 6) is 0.543. The smallest absolute Gasteiger partial charge is 0.252 e. The number of aromatic nitrogens is 1. The number of amides is 1. The van der Waals surface area contributed by atoms with E-state index in [0.29, 0.717) is 11.5 Å². The number of aryl methyl sites for hydroxylation is 1. The van der Waals surface area contributed by atoms with Crippen LogP contribution in [0.1, 0.15) is 22.5 Å². The monoisotopic (exact) mass is 219 g/mol. The Hall–Kier alpha value is -1.42. The van der Waals surface area contributed by atoms with Crippen molar-refractivity contribution in [1.29, 1.82) is 0 Å².